The number of benzene rings is 2. The van der Waals surface area contributed by atoms with Crippen LogP contribution in [0.25, 0.3) is 11.1 Å². The molecular formula is C19H16N2O5. The van der Waals surface area contributed by atoms with Crippen molar-refractivity contribution in [3.63, 3.8) is 0 Å². The van der Waals surface area contributed by atoms with Gasteiger partial charge in [-0.05, 0) is 17.2 Å². The molecule has 0 spiro atoms. The average Bonchev–Trinajstić information content (AvgIpc) is 2.68. The number of carbonyl (C=O) groups is 1. The van der Waals surface area contributed by atoms with E-state index in [4.69, 9.17) is 14.2 Å². The predicted octanol–water partition coefficient (Wildman–Crippen LogP) is 3.65. The number of aromatic carboxylic acids is 1. The maximum absolute atomic E-state index is 11.9. The highest BCUT2D eigenvalue weighted by atomic mass is 16.5. The molecule has 7 nitrogen and oxygen atoms in total. The van der Waals surface area contributed by atoms with E-state index in [2.05, 4.69) is 9.97 Å². The third-order valence-corrected chi connectivity index (χ3v) is 3.59. The molecule has 3 rings (SSSR count). The first-order chi connectivity index (χ1) is 12.6. The van der Waals surface area contributed by atoms with Gasteiger partial charge in [-0.15, -0.1) is 0 Å². The summed E-state index contributed by atoms with van der Waals surface area (Å²) >= 11 is 0. The van der Waals surface area contributed by atoms with E-state index in [1.807, 2.05) is 30.3 Å². The molecule has 0 aliphatic heterocycles. The first-order valence-corrected chi connectivity index (χ1v) is 7.69. The number of hydrogen-bond donors (Lipinski definition) is 1. The Hall–Kier alpha value is -3.61. The molecule has 0 fully saturated rings. The van der Waals surface area contributed by atoms with Crippen LogP contribution in [0.4, 0.5) is 0 Å². The maximum atomic E-state index is 11.9. The van der Waals surface area contributed by atoms with Crippen molar-refractivity contribution < 1.29 is 24.1 Å². The lowest BCUT2D eigenvalue weighted by Crippen LogP contribution is -2.04. The highest BCUT2D eigenvalue weighted by molar-refractivity contribution is 5.99. The zero-order valence-corrected chi connectivity index (χ0v) is 14.2. The van der Waals surface area contributed by atoms with Crippen molar-refractivity contribution in [2.24, 2.45) is 0 Å². The molecule has 1 N–H and O–H groups in total. The second-order valence-electron chi connectivity index (χ2n) is 5.19. The summed E-state index contributed by atoms with van der Waals surface area (Å²) < 4.78 is 15.8. The SMILES string of the molecule is COc1cc(Oc2cccc(-c3ccccc3)c2C(=O)O)nc(OC)n1. The van der Waals surface area contributed by atoms with E-state index >= 15 is 0 Å². The number of hydrogen-bond acceptors (Lipinski definition) is 6. The number of rotatable bonds is 6. The highest BCUT2D eigenvalue weighted by Gasteiger charge is 2.19. The van der Waals surface area contributed by atoms with E-state index in [1.54, 1.807) is 18.2 Å². The Kier molecular flexibility index (Phi) is 4.98. The Morgan fingerprint density at radius 1 is 0.923 bits per heavy atom. The third-order valence-electron chi connectivity index (χ3n) is 3.59. The number of carboxylic acid groups (broad SMARTS) is 1. The first kappa shape index (κ1) is 17.2. The Bertz CT molecular complexity index is 906. The quantitative estimate of drug-likeness (QED) is 0.724. The van der Waals surface area contributed by atoms with E-state index in [-0.39, 0.29) is 29.1 Å². The Balaban J connectivity index is 2.07. The standard InChI is InChI=1S/C19H16N2O5/c1-24-15-11-16(21-19(20-15)25-2)26-14-10-6-9-13(17(14)18(22)23)12-7-4-3-5-8-12/h3-11H,1-2H3,(H,22,23). The number of carboxylic acids is 1. The summed E-state index contributed by atoms with van der Waals surface area (Å²) in [6.07, 6.45) is 0. The topological polar surface area (TPSA) is 90.8 Å². The van der Waals surface area contributed by atoms with Crippen LogP contribution < -0.4 is 14.2 Å². The molecule has 0 unspecified atom stereocenters. The molecule has 0 bridgehead atoms. The molecule has 0 aliphatic rings. The van der Waals surface area contributed by atoms with Gasteiger partial charge in [-0.1, -0.05) is 42.5 Å². The fourth-order valence-corrected chi connectivity index (χ4v) is 2.44. The van der Waals surface area contributed by atoms with E-state index in [0.29, 0.717) is 5.56 Å². The largest absolute Gasteiger partial charge is 0.481 e. The molecule has 0 saturated heterocycles. The van der Waals surface area contributed by atoms with Crippen LogP contribution >= 0.6 is 0 Å². The smallest absolute Gasteiger partial charge is 0.340 e. The van der Waals surface area contributed by atoms with Crippen LogP contribution in [-0.2, 0) is 0 Å². The second-order valence-corrected chi connectivity index (χ2v) is 5.19. The molecule has 7 heteroatoms. The molecule has 3 aromatic rings. The fourth-order valence-electron chi connectivity index (χ4n) is 2.44. The van der Waals surface area contributed by atoms with Gasteiger partial charge >= 0.3 is 12.0 Å². The van der Waals surface area contributed by atoms with Gasteiger partial charge in [-0.25, -0.2) is 4.79 Å². The average molecular weight is 352 g/mol. The Morgan fingerprint density at radius 3 is 2.31 bits per heavy atom. The van der Waals surface area contributed by atoms with Gasteiger partial charge < -0.3 is 19.3 Å². The molecule has 1 heterocycles. The summed E-state index contributed by atoms with van der Waals surface area (Å²) in [6, 6.07) is 15.7. The second kappa shape index (κ2) is 7.52. The minimum absolute atomic E-state index is 0.0373. The van der Waals surface area contributed by atoms with Crippen molar-refractivity contribution in [2.45, 2.75) is 0 Å². The van der Waals surface area contributed by atoms with Crippen LogP contribution in [-0.4, -0.2) is 35.3 Å². The summed E-state index contributed by atoms with van der Waals surface area (Å²) in [5.74, 6) is -0.599. The third kappa shape index (κ3) is 3.56. The molecule has 0 saturated carbocycles. The summed E-state index contributed by atoms with van der Waals surface area (Å²) in [6.45, 7) is 0. The van der Waals surface area contributed by atoms with Crippen molar-refractivity contribution in [1.82, 2.24) is 9.97 Å². The van der Waals surface area contributed by atoms with Gasteiger partial charge in [0.05, 0.1) is 20.3 Å². The minimum Gasteiger partial charge on any atom is -0.481 e. The normalized spacial score (nSPS) is 10.2. The molecule has 26 heavy (non-hydrogen) atoms. The van der Waals surface area contributed by atoms with Crippen molar-refractivity contribution >= 4 is 5.97 Å². The predicted molar refractivity (Wildman–Crippen MR) is 94.0 cm³/mol. The van der Waals surface area contributed by atoms with Gasteiger partial charge in [-0.3, -0.25) is 0 Å². The summed E-state index contributed by atoms with van der Waals surface area (Å²) in [4.78, 5) is 19.9. The number of nitrogens with zero attached hydrogens (tertiary/aromatic N) is 2. The monoisotopic (exact) mass is 352 g/mol. The maximum Gasteiger partial charge on any atom is 0.340 e. The van der Waals surface area contributed by atoms with E-state index in [0.717, 1.165) is 5.56 Å². The van der Waals surface area contributed by atoms with Crippen LogP contribution in [0.3, 0.4) is 0 Å². The zero-order chi connectivity index (χ0) is 18.5. The van der Waals surface area contributed by atoms with Gasteiger partial charge in [0.25, 0.3) is 0 Å². The lowest BCUT2D eigenvalue weighted by atomic mass is 9.99. The Morgan fingerprint density at radius 2 is 1.65 bits per heavy atom. The minimum atomic E-state index is -1.10. The van der Waals surface area contributed by atoms with Crippen LogP contribution in [0.5, 0.6) is 23.5 Å². The molecule has 2 aromatic carbocycles. The van der Waals surface area contributed by atoms with Crippen molar-refractivity contribution in [1.29, 1.82) is 0 Å². The van der Waals surface area contributed by atoms with Crippen LogP contribution in [0.15, 0.2) is 54.6 Å². The molecule has 132 valence electrons. The lowest BCUT2D eigenvalue weighted by molar-refractivity contribution is 0.0695. The molecular weight excluding hydrogens is 336 g/mol. The molecule has 0 radical (unpaired) electrons. The van der Waals surface area contributed by atoms with Crippen LogP contribution in [0, 0.1) is 0 Å². The molecule has 0 atom stereocenters. The summed E-state index contributed by atoms with van der Waals surface area (Å²) in [7, 11) is 2.86. The number of ether oxygens (including phenoxy) is 3. The van der Waals surface area contributed by atoms with Crippen LogP contribution in [0.1, 0.15) is 10.4 Å². The molecule has 0 amide bonds. The molecule has 1 aromatic heterocycles. The number of methoxy groups -OCH3 is 2. The lowest BCUT2D eigenvalue weighted by Gasteiger charge is -2.13. The van der Waals surface area contributed by atoms with Crippen molar-refractivity contribution in [3.05, 3.63) is 60.2 Å². The summed E-state index contributed by atoms with van der Waals surface area (Å²) in [5, 5.41) is 9.73. The fraction of sp³-hybridized carbons (Fsp3) is 0.105. The Labute approximate surface area is 149 Å². The van der Waals surface area contributed by atoms with Gasteiger partial charge in [0.15, 0.2) is 0 Å². The van der Waals surface area contributed by atoms with Crippen molar-refractivity contribution in [2.75, 3.05) is 14.2 Å². The van der Waals surface area contributed by atoms with Gasteiger partial charge in [0.2, 0.25) is 11.8 Å². The van der Waals surface area contributed by atoms with Crippen LogP contribution in [0.2, 0.25) is 0 Å². The van der Waals surface area contributed by atoms with Gasteiger partial charge in [-0.2, -0.15) is 9.97 Å². The van der Waals surface area contributed by atoms with E-state index in [1.165, 1.54) is 20.3 Å². The van der Waals surface area contributed by atoms with Crippen molar-refractivity contribution in [3.8, 4) is 34.6 Å². The van der Waals surface area contributed by atoms with E-state index < -0.39 is 5.97 Å². The highest BCUT2D eigenvalue weighted by Crippen LogP contribution is 2.34. The molecule has 0 aliphatic carbocycles. The number of aromatic nitrogens is 2. The van der Waals surface area contributed by atoms with Gasteiger partial charge in [0, 0.05) is 0 Å². The zero-order valence-electron chi connectivity index (χ0n) is 14.2. The van der Waals surface area contributed by atoms with E-state index in [9.17, 15) is 9.90 Å². The summed E-state index contributed by atoms with van der Waals surface area (Å²) in [5.41, 5.74) is 1.35. The van der Waals surface area contributed by atoms with Gasteiger partial charge in [0.1, 0.15) is 11.3 Å². The first-order valence-electron chi connectivity index (χ1n) is 7.69.